The van der Waals surface area contributed by atoms with E-state index in [1.165, 1.54) is 11.0 Å². The number of rotatable bonds is 12. The van der Waals surface area contributed by atoms with Crippen LogP contribution in [0.5, 0.6) is 0 Å². The monoisotopic (exact) mass is 638 g/mol. The van der Waals surface area contributed by atoms with Crippen LogP contribution in [0.2, 0.25) is 0 Å². The molecule has 3 N–H and O–H groups in total. The van der Waals surface area contributed by atoms with Gasteiger partial charge >= 0.3 is 5.97 Å². The SMILES string of the molecule is CN(C)C(=O)C=Cc1ccc(CN2O[C@@H]3[C@H]4OC(C5CC5)(C5CC5)O[C@H]4[C@@H]4C[C@]3(C(=O)NCCC(=O)NCCO)[C@@H]2C(=O)O4)cc1. The van der Waals surface area contributed by atoms with Crippen molar-refractivity contribution in [3.05, 3.63) is 41.5 Å². The van der Waals surface area contributed by atoms with Gasteiger partial charge in [0.2, 0.25) is 17.7 Å². The first-order chi connectivity index (χ1) is 22.2. The number of likely N-dealkylation sites (N-methyl/N-ethyl adjacent to an activating group) is 1. The highest BCUT2D eigenvalue weighted by Crippen LogP contribution is 2.63. The summed E-state index contributed by atoms with van der Waals surface area (Å²) >= 11 is 0. The van der Waals surface area contributed by atoms with Crippen LogP contribution in [0.15, 0.2) is 30.3 Å². The fraction of sp³-hybridized carbons (Fsp3) is 0.636. The number of hydroxylamine groups is 2. The molecule has 3 saturated heterocycles. The molecule has 3 amide bonds. The van der Waals surface area contributed by atoms with Crippen molar-refractivity contribution in [1.82, 2.24) is 20.6 Å². The summed E-state index contributed by atoms with van der Waals surface area (Å²) in [5, 5.41) is 16.0. The number of aliphatic hydroxyl groups is 1. The lowest BCUT2D eigenvalue weighted by atomic mass is 9.62. The highest BCUT2D eigenvalue weighted by molar-refractivity contribution is 5.94. The molecule has 1 aromatic rings. The maximum absolute atomic E-state index is 14.3. The van der Waals surface area contributed by atoms with Crippen LogP contribution in [-0.4, -0.2) is 109 Å². The first-order valence-corrected chi connectivity index (χ1v) is 16.3. The van der Waals surface area contributed by atoms with Gasteiger partial charge in [-0.05, 0) is 42.9 Å². The van der Waals surface area contributed by atoms with Crippen LogP contribution in [0, 0.1) is 17.3 Å². The molecule has 2 bridgehead atoms. The van der Waals surface area contributed by atoms with Gasteiger partial charge in [0.05, 0.1) is 13.2 Å². The maximum Gasteiger partial charge on any atom is 0.327 e. The number of nitrogens with zero attached hydrogens (tertiary/aromatic N) is 2. The molecule has 0 spiro atoms. The number of hydrogen-bond acceptors (Lipinski definition) is 10. The van der Waals surface area contributed by atoms with Crippen molar-refractivity contribution in [2.24, 2.45) is 17.3 Å². The molecule has 3 saturated carbocycles. The summed E-state index contributed by atoms with van der Waals surface area (Å²) in [6.45, 7) is 0.216. The van der Waals surface area contributed by atoms with Gasteiger partial charge in [0.25, 0.3) is 0 Å². The van der Waals surface area contributed by atoms with Gasteiger partial charge in [-0.15, -0.1) is 0 Å². The third-order valence-corrected chi connectivity index (χ3v) is 10.2. The van der Waals surface area contributed by atoms with E-state index < -0.39 is 47.6 Å². The molecule has 0 aromatic heterocycles. The molecule has 6 aliphatic rings. The van der Waals surface area contributed by atoms with Crippen molar-refractivity contribution in [2.75, 3.05) is 33.8 Å². The van der Waals surface area contributed by atoms with E-state index in [9.17, 15) is 19.2 Å². The van der Waals surface area contributed by atoms with Gasteiger partial charge in [-0.25, -0.2) is 0 Å². The zero-order valence-corrected chi connectivity index (χ0v) is 26.2. The molecule has 13 heteroatoms. The molecule has 6 atom stereocenters. The second-order valence-electron chi connectivity index (χ2n) is 13.5. The minimum atomic E-state index is -1.31. The number of ether oxygens (including phenoxy) is 3. The number of fused-ring (bicyclic) bond motifs is 4. The minimum absolute atomic E-state index is 0.0225. The molecule has 0 radical (unpaired) electrons. The van der Waals surface area contributed by atoms with E-state index in [1.807, 2.05) is 24.3 Å². The summed E-state index contributed by atoms with van der Waals surface area (Å²) in [6, 6.07) is 6.50. The first kappa shape index (κ1) is 31.3. The third-order valence-electron chi connectivity index (χ3n) is 10.2. The molecule has 3 heterocycles. The van der Waals surface area contributed by atoms with Crippen molar-refractivity contribution in [2.45, 2.75) is 81.3 Å². The summed E-state index contributed by atoms with van der Waals surface area (Å²) in [5.41, 5.74) is 0.362. The van der Waals surface area contributed by atoms with Crippen LogP contribution in [0.1, 0.15) is 49.7 Å². The Morgan fingerprint density at radius 3 is 2.37 bits per heavy atom. The number of carbonyl (C=O) groups excluding carboxylic acids is 4. The Balaban J connectivity index is 1.15. The van der Waals surface area contributed by atoms with E-state index in [0.29, 0.717) is 0 Å². The molecule has 3 aliphatic carbocycles. The van der Waals surface area contributed by atoms with E-state index in [2.05, 4.69) is 10.6 Å². The number of aliphatic hydroxyl groups excluding tert-OH is 1. The number of nitrogens with one attached hydrogen (secondary N) is 2. The predicted octanol–water partition coefficient (Wildman–Crippen LogP) is 0.503. The van der Waals surface area contributed by atoms with Crippen molar-refractivity contribution < 1.29 is 43.3 Å². The molecular weight excluding hydrogens is 596 g/mol. The zero-order valence-electron chi connectivity index (χ0n) is 26.2. The van der Waals surface area contributed by atoms with Crippen LogP contribution in [-0.2, 0) is 44.8 Å². The van der Waals surface area contributed by atoms with Crippen molar-refractivity contribution in [3.8, 4) is 0 Å². The summed E-state index contributed by atoms with van der Waals surface area (Å²) < 4.78 is 19.7. The maximum atomic E-state index is 14.3. The third kappa shape index (κ3) is 5.41. The van der Waals surface area contributed by atoms with E-state index in [-0.39, 0.29) is 68.6 Å². The van der Waals surface area contributed by atoms with E-state index in [4.69, 9.17) is 24.2 Å². The first-order valence-electron chi connectivity index (χ1n) is 16.3. The Kier molecular flexibility index (Phi) is 8.17. The van der Waals surface area contributed by atoms with Gasteiger partial charge < -0.3 is 34.9 Å². The van der Waals surface area contributed by atoms with E-state index in [1.54, 1.807) is 25.2 Å². The largest absolute Gasteiger partial charge is 0.458 e. The Bertz CT molecular complexity index is 1400. The Morgan fingerprint density at radius 2 is 1.72 bits per heavy atom. The summed E-state index contributed by atoms with van der Waals surface area (Å²) in [5.74, 6) is -1.55. The molecule has 0 unspecified atom stereocenters. The van der Waals surface area contributed by atoms with Crippen LogP contribution in [0.25, 0.3) is 6.08 Å². The van der Waals surface area contributed by atoms with Crippen molar-refractivity contribution >= 4 is 29.8 Å². The standard InChI is InChI=1S/C33H42N4O9/c1-36(2)25(40)12-7-19-3-5-20(6-4-19)18-37-28-30(41)43-23-17-32(28,31(42)35-14-13-24(39)34-15-16-38)29(46-37)27-26(23)44-33(45-27,21-8-9-21)22-10-11-22/h3-7,12,21-23,26-29,38H,8-11,13-18H2,1-2H3,(H,34,39)(H,35,42)/t23-,26-,27-,28-,29+,32-/m0/s1. The van der Waals surface area contributed by atoms with Crippen LogP contribution < -0.4 is 10.6 Å². The number of hydrogen-bond donors (Lipinski definition) is 3. The Hall–Kier alpha value is -3.36. The number of carbonyl (C=O) groups is 4. The predicted molar refractivity (Wildman–Crippen MR) is 161 cm³/mol. The van der Waals surface area contributed by atoms with Gasteiger partial charge in [-0.1, -0.05) is 24.3 Å². The molecule has 3 aliphatic heterocycles. The number of amides is 3. The highest BCUT2D eigenvalue weighted by atomic mass is 16.8. The highest BCUT2D eigenvalue weighted by Gasteiger charge is 2.78. The van der Waals surface area contributed by atoms with Crippen molar-refractivity contribution in [1.29, 1.82) is 0 Å². The van der Waals surface area contributed by atoms with Crippen LogP contribution >= 0.6 is 0 Å². The summed E-state index contributed by atoms with van der Waals surface area (Å²) in [6.07, 6.45) is 4.91. The van der Waals surface area contributed by atoms with Crippen LogP contribution in [0.3, 0.4) is 0 Å². The number of esters is 1. The topological polar surface area (TPSA) is 156 Å². The van der Waals surface area contributed by atoms with E-state index >= 15 is 0 Å². The number of benzene rings is 1. The van der Waals surface area contributed by atoms with E-state index in [0.717, 1.165) is 36.8 Å². The molecule has 46 heavy (non-hydrogen) atoms. The molecule has 248 valence electrons. The second kappa shape index (κ2) is 12.0. The lowest BCUT2D eigenvalue weighted by Crippen LogP contribution is -2.69. The van der Waals surface area contributed by atoms with Gasteiger partial charge in [0.1, 0.15) is 29.8 Å². The Labute approximate surface area is 267 Å². The summed E-state index contributed by atoms with van der Waals surface area (Å²) in [4.78, 5) is 60.3. The average molecular weight is 639 g/mol. The molecular formula is C33H42N4O9. The second-order valence-corrected chi connectivity index (χ2v) is 13.5. The van der Waals surface area contributed by atoms with Gasteiger partial charge in [0, 0.05) is 57.9 Å². The lowest BCUT2D eigenvalue weighted by Gasteiger charge is -2.48. The molecule has 6 fully saturated rings. The van der Waals surface area contributed by atoms with Gasteiger partial charge in [-0.3, -0.25) is 24.0 Å². The average Bonchev–Trinajstić information content (AvgIpc) is 3.98. The quantitative estimate of drug-likeness (QED) is 0.218. The normalized spacial score (nSPS) is 32.6. The fourth-order valence-corrected chi connectivity index (χ4v) is 7.64. The molecule has 1 aromatic carbocycles. The van der Waals surface area contributed by atoms with Crippen LogP contribution in [0.4, 0.5) is 0 Å². The minimum Gasteiger partial charge on any atom is -0.458 e. The smallest absolute Gasteiger partial charge is 0.327 e. The lowest BCUT2D eigenvalue weighted by molar-refractivity contribution is -0.235. The zero-order chi connectivity index (χ0) is 32.2. The fourth-order valence-electron chi connectivity index (χ4n) is 7.64. The van der Waals surface area contributed by atoms with Gasteiger partial charge in [-0.2, -0.15) is 5.06 Å². The molecule has 13 nitrogen and oxygen atoms in total. The molecule has 7 rings (SSSR count). The Morgan fingerprint density at radius 1 is 1.02 bits per heavy atom. The van der Waals surface area contributed by atoms with Gasteiger partial charge in [0.15, 0.2) is 11.8 Å². The summed E-state index contributed by atoms with van der Waals surface area (Å²) in [7, 11) is 3.38. The van der Waals surface area contributed by atoms with Crippen molar-refractivity contribution in [3.63, 3.8) is 0 Å².